The molecule has 4 aromatic rings. The van der Waals surface area contributed by atoms with Crippen LogP contribution in [-0.2, 0) is 0 Å². The van der Waals surface area contributed by atoms with Gasteiger partial charge >= 0.3 is 0 Å². The van der Waals surface area contributed by atoms with Gasteiger partial charge in [0.25, 0.3) is 5.56 Å². The molecule has 1 aliphatic heterocycles. The second-order valence-electron chi connectivity index (χ2n) is 8.46. The van der Waals surface area contributed by atoms with Crippen LogP contribution >= 0.6 is 0 Å². The second kappa shape index (κ2) is 7.87. The highest BCUT2D eigenvalue weighted by atomic mass is 19.1. The molecule has 1 atom stereocenters. The number of hydrogen-bond donors (Lipinski definition) is 1. The van der Waals surface area contributed by atoms with Crippen molar-refractivity contribution in [2.45, 2.75) is 19.9 Å². The number of fused-ring (bicyclic) bond motifs is 1. The number of hydrogen-bond acceptors (Lipinski definition) is 5. The number of piperazine rings is 1. The largest absolute Gasteiger partial charge is 0.369 e. The Morgan fingerprint density at radius 3 is 2.62 bits per heavy atom. The van der Waals surface area contributed by atoms with Crippen molar-refractivity contribution in [3.63, 3.8) is 0 Å². The van der Waals surface area contributed by atoms with Crippen LogP contribution < -0.4 is 10.5 Å². The number of benzene rings is 2. The molecule has 164 valence electrons. The summed E-state index contributed by atoms with van der Waals surface area (Å²) < 4.78 is 15.6. The van der Waals surface area contributed by atoms with E-state index in [4.69, 9.17) is 0 Å². The first-order valence-electron chi connectivity index (χ1n) is 10.7. The van der Waals surface area contributed by atoms with Crippen molar-refractivity contribution in [1.82, 2.24) is 24.9 Å². The lowest BCUT2D eigenvalue weighted by Crippen LogP contribution is -2.50. The zero-order valence-corrected chi connectivity index (χ0v) is 18.3. The van der Waals surface area contributed by atoms with Crippen molar-refractivity contribution in [1.29, 1.82) is 0 Å². The highest BCUT2D eigenvalue weighted by molar-refractivity contribution is 5.89. The van der Waals surface area contributed by atoms with Gasteiger partial charge in [0.1, 0.15) is 22.7 Å². The van der Waals surface area contributed by atoms with E-state index in [0.29, 0.717) is 28.3 Å². The third-order valence-electron chi connectivity index (χ3n) is 6.31. The van der Waals surface area contributed by atoms with Crippen LogP contribution in [0.3, 0.4) is 0 Å². The fourth-order valence-electron chi connectivity index (χ4n) is 4.25. The molecule has 2 aromatic heterocycles. The van der Waals surface area contributed by atoms with Crippen LogP contribution in [0.2, 0.25) is 0 Å². The summed E-state index contributed by atoms with van der Waals surface area (Å²) in [5.74, 6) is -0.491. The molecule has 1 unspecified atom stereocenters. The molecule has 1 fully saturated rings. The molecular weight excluding hydrogens is 407 g/mol. The zero-order chi connectivity index (χ0) is 22.4. The number of anilines is 1. The SMILES string of the molecule is Cc1cccc(F)c1-n1nc2c(-c3ccc(N4CCN(C)C(C)C4)cc3)n[nH]c2cc1=O. The molecule has 2 aromatic carbocycles. The first kappa shape index (κ1) is 20.4. The van der Waals surface area contributed by atoms with Gasteiger partial charge < -0.3 is 9.80 Å². The Morgan fingerprint density at radius 1 is 1.12 bits per heavy atom. The van der Waals surface area contributed by atoms with E-state index in [0.717, 1.165) is 29.9 Å². The average Bonchev–Trinajstić information content (AvgIpc) is 3.18. The van der Waals surface area contributed by atoms with Crippen molar-refractivity contribution in [3.8, 4) is 16.9 Å². The van der Waals surface area contributed by atoms with Crippen LogP contribution in [0.15, 0.2) is 53.3 Å². The standard InChI is InChI=1S/C24H25FN6O/c1-15-5-4-6-19(25)24(15)31-21(32)13-20-23(28-31)22(27-26-20)17-7-9-18(10-8-17)30-12-11-29(3)16(2)14-30/h4-10,13,16,26H,11-12,14H2,1-3H3. The summed E-state index contributed by atoms with van der Waals surface area (Å²) in [6.07, 6.45) is 0. The molecule has 5 rings (SSSR count). The molecule has 0 radical (unpaired) electrons. The van der Waals surface area contributed by atoms with E-state index in [9.17, 15) is 9.18 Å². The van der Waals surface area contributed by atoms with Crippen molar-refractivity contribution in [2.75, 3.05) is 31.6 Å². The number of likely N-dealkylation sites (N-methyl/N-ethyl adjacent to an activating group) is 1. The van der Waals surface area contributed by atoms with Gasteiger partial charge in [-0.05, 0) is 44.7 Å². The van der Waals surface area contributed by atoms with Crippen molar-refractivity contribution in [3.05, 3.63) is 70.3 Å². The lowest BCUT2D eigenvalue weighted by atomic mass is 10.1. The van der Waals surface area contributed by atoms with Gasteiger partial charge in [0.05, 0.1) is 5.52 Å². The first-order chi connectivity index (χ1) is 15.4. The normalized spacial score (nSPS) is 17.2. The van der Waals surface area contributed by atoms with E-state index in [2.05, 4.69) is 51.2 Å². The maximum absolute atomic E-state index is 14.5. The molecule has 1 N–H and O–H groups in total. The predicted octanol–water partition coefficient (Wildman–Crippen LogP) is 3.36. The van der Waals surface area contributed by atoms with Crippen molar-refractivity contribution in [2.24, 2.45) is 0 Å². The van der Waals surface area contributed by atoms with Gasteiger partial charge in [0, 0.05) is 43.0 Å². The van der Waals surface area contributed by atoms with E-state index < -0.39 is 11.4 Å². The van der Waals surface area contributed by atoms with Gasteiger partial charge in [-0.3, -0.25) is 9.89 Å². The van der Waals surface area contributed by atoms with Gasteiger partial charge in [0.2, 0.25) is 0 Å². The number of halogens is 1. The van der Waals surface area contributed by atoms with Gasteiger partial charge in [-0.25, -0.2) is 4.39 Å². The van der Waals surface area contributed by atoms with E-state index in [1.165, 1.54) is 17.8 Å². The number of aryl methyl sites for hydroxylation is 1. The van der Waals surface area contributed by atoms with Gasteiger partial charge in [-0.2, -0.15) is 14.9 Å². The van der Waals surface area contributed by atoms with E-state index in [1.54, 1.807) is 19.1 Å². The fraction of sp³-hybridized carbons (Fsp3) is 0.292. The zero-order valence-electron chi connectivity index (χ0n) is 18.3. The lowest BCUT2D eigenvalue weighted by molar-refractivity contribution is 0.234. The summed E-state index contributed by atoms with van der Waals surface area (Å²) in [5, 5.41) is 11.8. The van der Waals surface area contributed by atoms with Crippen LogP contribution in [0.25, 0.3) is 28.0 Å². The molecule has 0 saturated carbocycles. The molecule has 0 bridgehead atoms. The molecule has 3 heterocycles. The summed E-state index contributed by atoms with van der Waals surface area (Å²) in [6, 6.07) is 14.8. The fourth-order valence-corrected chi connectivity index (χ4v) is 4.25. The molecule has 0 spiro atoms. The van der Waals surface area contributed by atoms with E-state index in [1.807, 2.05) is 12.1 Å². The van der Waals surface area contributed by atoms with Crippen LogP contribution in [0.5, 0.6) is 0 Å². The third kappa shape index (κ3) is 3.46. The summed E-state index contributed by atoms with van der Waals surface area (Å²) in [5.41, 5.74) is 4.09. The number of aromatic amines is 1. The first-order valence-corrected chi connectivity index (χ1v) is 10.7. The Labute approximate surface area is 185 Å². The number of nitrogens with zero attached hydrogens (tertiary/aromatic N) is 5. The van der Waals surface area contributed by atoms with Crippen LogP contribution in [0, 0.1) is 12.7 Å². The molecule has 0 amide bonds. The van der Waals surface area contributed by atoms with E-state index >= 15 is 0 Å². The van der Waals surface area contributed by atoms with Crippen LogP contribution in [0.1, 0.15) is 12.5 Å². The van der Waals surface area contributed by atoms with Gasteiger partial charge in [-0.1, -0.05) is 24.3 Å². The maximum atomic E-state index is 14.5. The summed E-state index contributed by atoms with van der Waals surface area (Å²) in [4.78, 5) is 17.4. The maximum Gasteiger partial charge on any atom is 0.273 e. The monoisotopic (exact) mass is 432 g/mol. The lowest BCUT2D eigenvalue weighted by Gasteiger charge is -2.39. The number of rotatable bonds is 3. The summed E-state index contributed by atoms with van der Waals surface area (Å²) in [6.45, 7) is 6.99. The molecule has 0 aliphatic carbocycles. The molecule has 7 nitrogen and oxygen atoms in total. The highest BCUT2D eigenvalue weighted by Gasteiger charge is 2.21. The molecule has 1 saturated heterocycles. The van der Waals surface area contributed by atoms with Crippen LogP contribution in [0.4, 0.5) is 10.1 Å². The molecule has 32 heavy (non-hydrogen) atoms. The quantitative estimate of drug-likeness (QED) is 0.538. The number of H-pyrrole nitrogens is 1. The molecule has 1 aliphatic rings. The predicted molar refractivity (Wildman–Crippen MR) is 124 cm³/mol. The van der Waals surface area contributed by atoms with Crippen LogP contribution in [-0.4, -0.2) is 57.6 Å². The summed E-state index contributed by atoms with van der Waals surface area (Å²) >= 11 is 0. The minimum absolute atomic E-state index is 0.158. The minimum Gasteiger partial charge on any atom is -0.369 e. The molecule has 8 heteroatoms. The van der Waals surface area contributed by atoms with Gasteiger partial charge in [-0.15, -0.1) is 0 Å². The molecular formula is C24H25FN6O. The Morgan fingerprint density at radius 2 is 1.91 bits per heavy atom. The second-order valence-corrected chi connectivity index (χ2v) is 8.46. The Balaban J connectivity index is 1.53. The smallest absolute Gasteiger partial charge is 0.273 e. The summed E-state index contributed by atoms with van der Waals surface area (Å²) in [7, 11) is 2.16. The minimum atomic E-state index is -0.491. The third-order valence-corrected chi connectivity index (χ3v) is 6.31. The average molecular weight is 433 g/mol. The number of para-hydroxylation sites is 1. The Hall–Kier alpha value is -3.52. The van der Waals surface area contributed by atoms with Crippen molar-refractivity contribution >= 4 is 16.7 Å². The highest BCUT2D eigenvalue weighted by Crippen LogP contribution is 2.28. The Bertz CT molecular complexity index is 1320. The van der Waals surface area contributed by atoms with E-state index in [-0.39, 0.29) is 5.69 Å². The number of aromatic nitrogens is 4. The van der Waals surface area contributed by atoms with Crippen molar-refractivity contribution < 1.29 is 4.39 Å². The van der Waals surface area contributed by atoms with Gasteiger partial charge in [0.15, 0.2) is 0 Å². The number of nitrogens with one attached hydrogen (secondary N) is 1. The Kier molecular flexibility index (Phi) is 5.01. The topological polar surface area (TPSA) is 70.1 Å².